The molecule has 25 heavy (non-hydrogen) atoms. The highest BCUT2D eigenvalue weighted by Gasteiger charge is 2.02. The topological polar surface area (TPSA) is 84.9 Å². The van der Waals surface area contributed by atoms with Crippen LogP contribution in [0.15, 0.2) is 54.2 Å². The molecule has 0 saturated carbocycles. The molecule has 0 saturated heterocycles. The van der Waals surface area contributed by atoms with Crippen LogP contribution in [0.2, 0.25) is 0 Å². The average molecular weight is 338 g/mol. The molecule has 0 aliphatic heterocycles. The monoisotopic (exact) mass is 338 g/mol. The van der Waals surface area contributed by atoms with Gasteiger partial charge in [0.1, 0.15) is 12.7 Å². The van der Waals surface area contributed by atoms with Gasteiger partial charge >= 0.3 is 0 Å². The molecule has 0 unspecified atom stereocenters. The largest absolute Gasteiger partial charge is 0.357 e. The lowest BCUT2D eigenvalue weighted by Gasteiger charge is -2.11. The van der Waals surface area contributed by atoms with Crippen molar-refractivity contribution in [3.8, 4) is 5.69 Å². The molecule has 8 nitrogen and oxygen atoms in total. The smallest absolute Gasteiger partial charge is 0.191 e. The molecule has 0 aliphatic carbocycles. The summed E-state index contributed by atoms with van der Waals surface area (Å²) in [6, 6.07) is 10.1. The second-order valence-electron chi connectivity index (χ2n) is 5.50. The van der Waals surface area contributed by atoms with Crippen molar-refractivity contribution >= 4 is 5.96 Å². The molecule has 3 aromatic rings. The first-order valence-electron chi connectivity index (χ1n) is 8.19. The zero-order chi connectivity index (χ0) is 17.5. The summed E-state index contributed by atoms with van der Waals surface area (Å²) in [6.07, 6.45) is 4.99. The average Bonchev–Trinajstić information content (AvgIpc) is 3.30. The lowest BCUT2D eigenvalue weighted by atomic mass is 10.2. The van der Waals surface area contributed by atoms with Crippen LogP contribution in [0.25, 0.3) is 5.69 Å². The van der Waals surface area contributed by atoms with Gasteiger partial charge < -0.3 is 10.6 Å². The molecule has 2 N–H and O–H groups in total. The maximum atomic E-state index is 4.64. The quantitative estimate of drug-likeness (QED) is 0.522. The minimum Gasteiger partial charge on any atom is -0.357 e. The summed E-state index contributed by atoms with van der Waals surface area (Å²) in [7, 11) is 1.93. The van der Waals surface area contributed by atoms with E-state index in [0.29, 0.717) is 13.1 Å². The van der Waals surface area contributed by atoms with E-state index in [2.05, 4.69) is 30.8 Å². The lowest BCUT2D eigenvalue weighted by Crippen LogP contribution is -2.37. The second kappa shape index (κ2) is 8.09. The molecule has 0 radical (unpaired) electrons. The van der Waals surface area contributed by atoms with Gasteiger partial charge in [-0.05, 0) is 30.7 Å². The minimum atomic E-state index is 0.596. The Bertz CT molecular complexity index is 802. The summed E-state index contributed by atoms with van der Waals surface area (Å²) in [6.45, 7) is 4.13. The fourth-order valence-electron chi connectivity index (χ4n) is 2.36. The van der Waals surface area contributed by atoms with Crippen molar-refractivity contribution in [2.24, 2.45) is 12.0 Å². The predicted octanol–water partition coefficient (Wildman–Crippen LogP) is 1.26. The molecular formula is C17H22N8. The van der Waals surface area contributed by atoms with Crippen molar-refractivity contribution < 1.29 is 0 Å². The molecule has 3 rings (SSSR count). The SMILES string of the molecule is CCNC(=NCc1ccc(-n2cncn2)cc1)NCc1ccnn1C. The summed E-state index contributed by atoms with van der Waals surface area (Å²) < 4.78 is 3.58. The zero-order valence-electron chi connectivity index (χ0n) is 14.4. The van der Waals surface area contributed by atoms with Crippen LogP contribution in [0.5, 0.6) is 0 Å². The summed E-state index contributed by atoms with van der Waals surface area (Å²) in [4.78, 5) is 8.59. The van der Waals surface area contributed by atoms with Crippen molar-refractivity contribution in [1.29, 1.82) is 0 Å². The van der Waals surface area contributed by atoms with Crippen LogP contribution >= 0.6 is 0 Å². The Hall–Kier alpha value is -3.16. The lowest BCUT2D eigenvalue weighted by molar-refractivity contribution is 0.685. The van der Waals surface area contributed by atoms with Crippen molar-refractivity contribution in [3.63, 3.8) is 0 Å². The van der Waals surface area contributed by atoms with Crippen molar-refractivity contribution in [2.45, 2.75) is 20.0 Å². The second-order valence-corrected chi connectivity index (χ2v) is 5.50. The highest BCUT2D eigenvalue weighted by molar-refractivity contribution is 5.79. The maximum absolute atomic E-state index is 4.64. The number of guanidine groups is 1. The van der Waals surface area contributed by atoms with Crippen LogP contribution in [-0.4, -0.2) is 37.0 Å². The first kappa shape index (κ1) is 16.7. The van der Waals surface area contributed by atoms with Gasteiger partial charge in [-0.15, -0.1) is 0 Å². The van der Waals surface area contributed by atoms with Crippen LogP contribution in [-0.2, 0) is 20.1 Å². The van der Waals surface area contributed by atoms with E-state index in [9.17, 15) is 0 Å². The fraction of sp³-hybridized carbons (Fsp3) is 0.294. The first-order chi connectivity index (χ1) is 12.3. The third-order valence-electron chi connectivity index (χ3n) is 3.74. The summed E-state index contributed by atoms with van der Waals surface area (Å²) >= 11 is 0. The van der Waals surface area contributed by atoms with Crippen molar-refractivity contribution in [1.82, 2.24) is 35.2 Å². The molecule has 2 heterocycles. The van der Waals surface area contributed by atoms with Crippen LogP contribution in [0.3, 0.4) is 0 Å². The number of aryl methyl sites for hydroxylation is 1. The molecule has 1 aromatic carbocycles. The summed E-state index contributed by atoms with van der Waals surface area (Å²) in [5, 5.41) is 14.9. The number of hydrogen-bond donors (Lipinski definition) is 2. The van der Waals surface area contributed by atoms with Gasteiger partial charge in [0.05, 0.1) is 24.5 Å². The Morgan fingerprint density at radius 1 is 1.12 bits per heavy atom. The van der Waals surface area contributed by atoms with Gasteiger partial charge in [-0.2, -0.15) is 10.2 Å². The zero-order valence-corrected chi connectivity index (χ0v) is 14.4. The molecule has 0 atom stereocenters. The highest BCUT2D eigenvalue weighted by atomic mass is 15.3. The molecule has 0 spiro atoms. The molecule has 0 bridgehead atoms. The highest BCUT2D eigenvalue weighted by Crippen LogP contribution is 2.09. The van der Waals surface area contributed by atoms with Crippen LogP contribution in [0.1, 0.15) is 18.2 Å². The Kier molecular flexibility index (Phi) is 5.40. The Morgan fingerprint density at radius 3 is 2.60 bits per heavy atom. The third-order valence-corrected chi connectivity index (χ3v) is 3.74. The fourth-order valence-corrected chi connectivity index (χ4v) is 2.36. The maximum Gasteiger partial charge on any atom is 0.191 e. The summed E-state index contributed by atoms with van der Waals surface area (Å²) in [5.74, 6) is 0.782. The van der Waals surface area contributed by atoms with Gasteiger partial charge in [0.15, 0.2) is 5.96 Å². The number of nitrogens with one attached hydrogen (secondary N) is 2. The molecule has 0 amide bonds. The molecule has 130 valence electrons. The Labute approximate surface area is 146 Å². The van der Waals surface area contributed by atoms with E-state index in [1.54, 1.807) is 17.2 Å². The molecular weight excluding hydrogens is 316 g/mol. The molecule has 8 heteroatoms. The van der Waals surface area contributed by atoms with Crippen LogP contribution in [0.4, 0.5) is 0 Å². The molecule has 0 fully saturated rings. The van der Waals surface area contributed by atoms with E-state index in [-0.39, 0.29) is 0 Å². The number of benzene rings is 1. The van der Waals surface area contributed by atoms with Crippen LogP contribution < -0.4 is 10.6 Å². The molecule has 0 aliphatic rings. The van der Waals surface area contributed by atoms with Gasteiger partial charge in [-0.3, -0.25) is 4.68 Å². The van der Waals surface area contributed by atoms with Gasteiger partial charge in [-0.1, -0.05) is 12.1 Å². The van der Waals surface area contributed by atoms with E-state index >= 15 is 0 Å². The number of rotatable bonds is 6. The van der Waals surface area contributed by atoms with Gasteiger partial charge in [0.2, 0.25) is 0 Å². The van der Waals surface area contributed by atoms with Gasteiger partial charge in [0, 0.05) is 19.8 Å². The minimum absolute atomic E-state index is 0.596. The number of nitrogens with zero attached hydrogens (tertiary/aromatic N) is 6. The van der Waals surface area contributed by atoms with Crippen molar-refractivity contribution in [3.05, 3.63) is 60.4 Å². The van der Waals surface area contributed by atoms with Crippen molar-refractivity contribution in [2.75, 3.05) is 6.54 Å². The Morgan fingerprint density at radius 2 is 1.96 bits per heavy atom. The summed E-state index contributed by atoms with van der Waals surface area (Å²) in [5.41, 5.74) is 3.20. The Balaban J connectivity index is 1.61. The van der Waals surface area contributed by atoms with Crippen LogP contribution in [0, 0.1) is 0 Å². The van der Waals surface area contributed by atoms with E-state index in [1.165, 1.54) is 6.33 Å². The van der Waals surface area contributed by atoms with E-state index in [1.807, 2.05) is 49.0 Å². The van der Waals surface area contributed by atoms with E-state index in [4.69, 9.17) is 0 Å². The predicted molar refractivity (Wildman–Crippen MR) is 96.2 cm³/mol. The number of aromatic nitrogens is 5. The van der Waals surface area contributed by atoms with E-state index < -0.39 is 0 Å². The van der Waals surface area contributed by atoms with Gasteiger partial charge in [0.25, 0.3) is 0 Å². The third kappa shape index (κ3) is 4.43. The standard InChI is InChI=1S/C17H22N8/c1-3-19-17(21-11-16-8-9-22-24(16)2)20-10-14-4-6-15(7-5-14)25-13-18-12-23-25/h4-9,12-13H,3,10-11H2,1-2H3,(H2,19,20,21). The first-order valence-corrected chi connectivity index (χ1v) is 8.19. The van der Waals surface area contributed by atoms with Gasteiger partial charge in [-0.25, -0.2) is 14.7 Å². The number of aliphatic imine (C=N–C) groups is 1. The normalized spacial score (nSPS) is 11.5. The van der Waals surface area contributed by atoms with E-state index in [0.717, 1.165) is 29.4 Å². The number of hydrogen-bond acceptors (Lipinski definition) is 4. The molecule has 2 aromatic heterocycles.